The van der Waals surface area contributed by atoms with Crippen LogP contribution < -0.4 is 10.7 Å². The smallest absolute Gasteiger partial charge is 0.274 e. The number of ether oxygens (including phenoxy) is 1. The van der Waals surface area contributed by atoms with E-state index in [0.29, 0.717) is 25.5 Å². The zero-order chi connectivity index (χ0) is 22.5. The van der Waals surface area contributed by atoms with Gasteiger partial charge in [-0.1, -0.05) is 6.07 Å². The first-order valence-electron chi connectivity index (χ1n) is 9.66. The highest BCUT2D eigenvalue weighted by Gasteiger charge is 2.52. The van der Waals surface area contributed by atoms with Crippen molar-refractivity contribution in [1.29, 1.82) is 0 Å². The number of aromatic nitrogens is 1. The number of rotatable bonds is 4. The van der Waals surface area contributed by atoms with Crippen molar-refractivity contribution in [1.82, 2.24) is 14.8 Å². The molecule has 2 aromatic rings. The maximum absolute atomic E-state index is 13.8. The highest BCUT2D eigenvalue weighted by atomic mass is 35.5. The molecule has 1 spiro atoms. The molecule has 4 rings (SSSR count). The van der Waals surface area contributed by atoms with Gasteiger partial charge in [0, 0.05) is 45.1 Å². The summed E-state index contributed by atoms with van der Waals surface area (Å²) in [7, 11) is 3.15. The fourth-order valence-corrected chi connectivity index (χ4v) is 4.33. The molecular weight excluding hydrogens is 448 g/mol. The zero-order valence-electron chi connectivity index (χ0n) is 17.4. The van der Waals surface area contributed by atoms with Crippen LogP contribution in [0.1, 0.15) is 39.3 Å². The summed E-state index contributed by atoms with van der Waals surface area (Å²) in [5.41, 5.74) is -2.12. The Morgan fingerprint density at radius 2 is 2.00 bits per heavy atom. The number of fused-ring (bicyclic) bond motifs is 2. The van der Waals surface area contributed by atoms with Crippen LogP contribution in [-0.4, -0.2) is 53.2 Å². The number of pyridine rings is 1. The Kier molecular flexibility index (Phi) is 6.30. The first kappa shape index (κ1) is 23.7. The van der Waals surface area contributed by atoms with E-state index in [1.165, 1.54) is 21.7 Å². The lowest BCUT2D eigenvalue weighted by atomic mass is 9.72. The number of nitrogens with zero attached hydrogens (tertiary/aromatic N) is 2. The SMILES string of the molecule is CO[C@H]1C[C@]2(CN(C)C(=O)c3c(O)c(=O)c(C(=O)NCc4ccc(F)cc4F)cn32)C1.Cl. The van der Waals surface area contributed by atoms with Crippen LogP contribution in [0, 0.1) is 11.6 Å². The Morgan fingerprint density at radius 3 is 2.62 bits per heavy atom. The van der Waals surface area contributed by atoms with Crippen LogP contribution in [0.25, 0.3) is 0 Å². The van der Waals surface area contributed by atoms with E-state index in [0.717, 1.165) is 6.07 Å². The monoisotopic (exact) mass is 469 g/mol. The van der Waals surface area contributed by atoms with Crippen LogP contribution in [0.3, 0.4) is 0 Å². The summed E-state index contributed by atoms with van der Waals surface area (Å²) in [4.78, 5) is 39.4. The molecule has 0 unspecified atom stereocenters. The first-order valence-corrected chi connectivity index (χ1v) is 9.66. The maximum atomic E-state index is 13.8. The van der Waals surface area contributed by atoms with E-state index in [2.05, 4.69) is 5.32 Å². The summed E-state index contributed by atoms with van der Waals surface area (Å²) in [6.45, 7) is 0.0499. The Bertz CT molecular complexity index is 1150. The molecule has 1 aliphatic carbocycles. The van der Waals surface area contributed by atoms with Gasteiger partial charge in [-0.2, -0.15) is 0 Å². The van der Waals surface area contributed by atoms with E-state index >= 15 is 0 Å². The third kappa shape index (κ3) is 3.73. The molecule has 1 saturated carbocycles. The number of halogens is 3. The molecule has 1 fully saturated rings. The number of likely N-dealkylation sites (N-methyl/N-ethyl adjacent to an activating group) is 1. The summed E-state index contributed by atoms with van der Waals surface area (Å²) < 4.78 is 33.7. The van der Waals surface area contributed by atoms with Gasteiger partial charge in [0.1, 0.15) is 17.2 Å². The molecule has 1 aromatic carbocycles. The third-order valence-corrected chi connectivity index (χ3v) is 6.02. The number of amides is 2. The van der Waals surface area contributed by atoms with Gasteiger partial charge in [0.05, 0.1) is 11.6 Å². The highest BCUT2D eigenvalue weighted by molar-refractivity contribution is 5.99. The minimum Gasteiger partial charge on any atom is -0.503 e. The number of aromatic hydroxyl groups is 1. The summed E-state index contributed by atoms with van der Waals surface area (Å²) in [6.07, 6.45) is 2.30. The molecule has 2 heterocycles. The van der Waals surface area contributed by atoms with Crippen LogP contribution in [-0.2, 0) is 16.8 Å². The number of benzene rings is 1. The second-order valence-corrected chi connectivity index (χ2v) is 8.01. The van der Waals surface area contributed by atoms with Gasteiger partial charge in [-0.15, -0.1) is 12.4 Å². The van der Waals surface area contributed by atoms with Gasteiger partial charge >= 0.3 is 0 Å². The van der Waals surface area contributed by atoms with Crippen LogP contribution in [0.4, 0.5) is 8.78 Å². The van der Waals surface area contributed by atoms with Gasteiger partial charge in [0.15, 0.2) is 11.4 Å². The molecule has 0 bridgehead atoms. The van der Waals surface area contributed by atoms with Gasteiger partial charge in [0.2, 0.25) is 5.43 Å². The normalized spacial score (nSPS) is 21.6. The predicted molar refractivity (Wildman–Crippen MR) is 112 cm³/mol. The van der Waals surface area contributed by atoms with Crippen molar-refractivity contribution in [3.63, 3.8) is 0 Å². The molecular formula is C21H22ClF2N3O5. The summed E-state index contributed by atoms with van der Waals surface area (Å²) in [5.74, 6) is -3.76. The molecule has 1 aliphatic heterocycles. The molecule has 0 radical (unpaired) electrons. The molecule has 0 atom stereocenters. The van der Waals surface area contributed by atoms with Crippen molar-refractivity contribution in [2.45, 2.75) is 31.0 Å². The summed E-state index contributed by atoms with van der Waals surface area (Å²) in [5, 5.41) is 12.9. The number of hydrogen-bond acceptors (Lipinski definition) is 5. The standard InChI is InChI=1S/C21H21F2N3O5.ClH/c1-25-10-21(6-13(7-21)31-2)26-9-14(17(27)18(28)16(26)20(25)30)19(29)24-8-11-3-4-12(22)5-15(11)23;/h3-5,9,13,28H,6-8,10H2,1-2H3,(H,24,29);1H/t13-,21+;. The van der Waals surface area contributed by atoms with E-state index < -0.39 is 40.2 Å². The second-order valence-electron chi connectivity index (χ2n) is 8.01. The Balaban J connectivity index is 0.00000289. The largest absolute Gasteiger partial charge is 0.503 e. The number of carbonyl (C=O) groups is 2. The van der Waals surface area contributed by atoms with Gasteiger partial charge in [-0.3, -0.25) is 14.4 Å². The van der Waals surface area contributed by atoms with Crippen molar-refractivity contribution in [3.05, 3.63) is 63.1 Å². The van der Waals surface area contributed by atoms with Gasteiger partial charge in [-0.05, 0) is 18.9 Å². The number of methoxy groups -OCH3 is 1. The average molecular weight is 470 g/mol. The summed E-state index contributed by atoms with van der Waals surface area (Å²) in [6, 6.07) is 2.93. The minimum absolute atomic E-state index is 0. The molecule has 2 amide bonds. The van der Waals surface area contributed by atoms with E-state index in [9.17, 15) is 28.3 Å². The van der Waals surface area contributed by atoms with Crippen LogP contribution in [0.2, 0.25) is 0 Å². The molecule has 2 N–H and O–H groups in total. The molecule has 172 valence electrons. The topological polar surface area (TPSA) is 101 Å². The number of carbonyl (C=O) groups excluding carboxylic acids is 2. The molecule has 32 heavy (non-hydrogen) atoms. The van der Waals surface area contributed by atoms with Gasteiger partial charge < -0.3 is 24.6 Å². The van der Waals surface area contributed by atoms with Gasteiger partial charge in [0.25, 0.3) is 11.8 Å². The van der Waals surface area contributed by atoms with Gasteiger partial charge in [-0.25, -0.2) is 8.78 Å². The lowest BCUT2D eigenvalue weighted by Gasteiger charge is -2.53. The Morgan fingerprint density at radius 1 is 1.31 bits per heavy atom. The van der Waals surface area contributed by atoms with Crippen molar-refractivity contribution in [2.75, 3.05) is 20.7 Å². The van der Waals surface area contributed by atoms with Crippen molar-refractivity contribution in [2.24, 2.45) is 0 Å². The second kappa shape index (κ2) is 8.51. The number of hydrogen-bond donors (Lipinski definition) is 2. The van der Waals surface area contributed by atoms with E-state index in [1.807, 2.05) is 0 Å². The van der Waals surface area contributed by atoms with Crippen molar-refractivity contribution in [3.8, 4) is 5.75 Å². The van der Waals surface area contributed by atoms with E-state index in [1.54, 1.807) is 14.2 Å². The lowest BCUT2D eigenvalue weighted by molar-refractivity contribution is -0.0673. The first-order chi connectivity index (χ1) is 14.7. The quantitative estimate of drug-likeness (QED) is 0.711. The zero-order valence-corrected chi connectivity index (χ0v) is 18.2. The molecule has 8 nitrogen and oxygen atoms in total. The number of nitrogens with one attached hydrogen (secondary N) is 1. The Hall–Kier alpha value is -2.98. The third-order valence-electron chi connectivity index (χ3n) is 6.02. The lowest BCUT2D eigenvalue weighted by Crippen LogP contribution is -2.61. The fourth-order valence-electron chi connectivity index (χ4n) is 4.33. The van der Waals surface area contributed by atoms with Crippen LogP contribution >= 0.6 is 12.4 Å². The van der Waals surface area contributed by atoms with Crippen molar-refractivity contribution >= 4 is 24.2 Å². The average Bonchev–Trinajstić information content (AvgIpc) is 2.70. The minimum atomic E-state index is -0.996. The predicted octanol–water partition coefficient (Wildman–Crippen LogP) is 1.77. The summed E-state index contributed by atoms with van der Waals surface area (Å²) >= 11 is 0. The fraction of sp³-hybridized carbons (Fsp3) is 0.381. The molecule has 11 heteroatoms. The maximum Gasteiger partial charge on any atom is 0.274 e. The van der Waals surface area contributed by atoms with Crippen LogP contribution in [0.5, 0.6) is 5.75 Å². The molecule has 0 saturated heterocycles. The Labute approximate surface area is 188 Å². The molecule has 2 aliphatic rings. The van der Waals surface area contributed by atoms with E-state index in [-0.39, 0.29) is 41.9 Å². The highest BCUT2D eigenvalue weighted by Crippen LogP contribution is 2.45. The van der Waals surface area contributed by atoms with E-state index in [4.69, 9.17) is 4.74 Å². The van der Waals surface area contributed by atoms with Crippen LogP contribution in [0.15, 0.2) is 29.2 Å². The van der Waals surface area contributed by atoms with Crippen molar-refractivity contribution < 1.29 is 28.2 Å². The molecule has 1 aromatic heterocycles.